The molecule has 0 aliphatic rings. The third-order valence-electron chi connectivity index (χ3n) is 8.65. The first kappa shape index (κ1) is 23.9. The van der Waals surface area contributed by atoms with Gasteiger partial charge in [0.15, 0.2) is 5.58 Å². The van der Waals surface area contributed by atoms with Crippen molar-refractivity contribution in [1.82, 2.24) is 4.98 Å². The molecule has 0 radical (unpaired) electrons. The number of anilines is 3. The Bertz CT molecular complexity index is 2580. The fraction of sp³-hybridized carbons (Fsp3) is 0. The van der Waals surface area contributed by atoms with Crippen LogP contribution in [0.3, 0.4) is 0 Å². The molecule has 0 N–H and O–H groups in total. The number of aromatic nitrogens is 1. The van der Waals surface area contributed by atoms with Gasteiger partial charge in [0, 0.05) is 64.3 Å². The minimum atomic E-state index is 0.607. The summed E-state index contributed by atoms with van der Waals surface area (Å²) in [6.07, 6.45) is 0. The number of thiophene rings is 1. The van der Waals surface area contributed by atoms with E-state index >= 15 is 0 Å². The van der Waals surface area contributed by atoms with Crippen molar-refractivity contribution in [1.29, 1.82) is 0 Å². The predicted molar refractivity (Wildman–Crippen MR) is 183 cm³/mol. The summed E-state index contributed by atoms with van der Waals surface area (Å²) >= 11 is 1.84. The van der Waals surface area contributed by atoms with E-state index in [1.54, 1.807) is 0 Å². The summed E-state index contributed by atoms with van der Waals surface area (Å²) in [5.74, 6) is 0.607. The van der Waals surface area contributed by atoms with Crippen LogP contribution in [-0.4, -0.2) is 4.98 Å². The normalized spacial score (nSPS) is 12.1. The maximum absolute atomic E-state index is 6.52. The van der Waals surface area contributed by atoms with E-state index in [-0.39, 0.29) is 0 Å². The third kappa shape index (κ3) is 3.36. The summed E-state index contributed by atoms with van der Waals surface area (Å²) < 4.78 is 15.3. The number of rotatable bonds is 4. The average Bonchev–Trinajstić information content (AvgIpc) is 3.79. The molecule has 0 unspecified atom stereocenters. The molecule has 0 aliphatic carbocycles. The van der Waals surface area contributed by atoms with Crippen LogP contribution in [0.25, 0.3) is 75.4 Å². The molecule has 0 saturated heterocycles. The first-order chi connectivity index (χ1) is 21.8. The standard InChI is InChI=1S/C39H22N2O2S/c1-2-8-24(9-3-1)41(26-20-21-34-30(22-26)27-10-4-5-15-33(27)44-34)25-18-16-23(17-19-25)39-40-37-28-11-6-13-31-35(28)36-29(38(37)43-39)12-7-14-32(36)42-31/h1-22H. The summed E-state index contributed by atoms with van der Waals surface area (Å²) in [4.78, 5) is 7.34. The van der Waals surface area contributed by atoms with Crippen LogP contribution in [0.5, 0.6) is 0 Å². The van der Waals surface area contributed by atoms with Gasteiger partial charge in [-0.1, -0.05) is 60.7 Å². The highest BCUT2D eigenvalue weighted by molar-refractivity contribution is 7.25. The lowest BCUT2D eigenvalue weighted by molar-refractivity contribution is 0.623. The number of furan rings is 1. The van der Waals surface area contributed by atoms with E-state index in [9.17, 15) is 0 Å². The molecule has 0 bridgehead atoms. The molecule has 44 heavy (non-hydrogen) atoms. The van der Waals surface area contributed by atoms with Crippen molar-refractivity contribution >= 4 is 92.4 Å². The van der Waals surface area contributed by atoms with Crippen molar-refractivity contribution in [2.45, 2.75) is 0 Å². The van der Waals surface area contributed by atoms with Crippen LogP contribution in [0.2, 0.25) is 0 Å². The van der Waals surface area contributed by atoms with Gasteiger partial charge in [-0.05, 0) is 72.8 Å². The van der Waals surface area contributed by atoms with E-state index in [0.717, 1.165) is 66.4 Å². The number of fused-ring (bicyclic) bond motifs is 6. The molecule has 0 saturated carbocycles. The lowest BCUT2D eigenvalue weighted by Gasteiger charge is -2.25. The molecule has 0 fully saturated rings. The molecule has 0 amide bonds. The van der Waals surface area contributed by atoms with Crippen molar-refractivity contribution in [3.63, 3.8) is 0 Å². The first-order valence-corrected chi connectivity index (χ1v) is 15.4. The van der Waals surface area contributed by atoms with Gasteiger partial charge in [0.25, 0.3) is 0 Å². The fourth-order valence-corrected chi connectivity index (χ4v) is 7.78. The summed E-state index contributed by atoms with van der Waals surface area (Å²) in [6, 6.07) is 46.7. The number of nitrogens with zero attached hydrogens (tertiary/aromatic N) is 2. The number of hydrogen-bond donors (Lipinski definition) is 0. The third-order valence-corrected chi connectivity index (χ3v) is 9.81. The first-order valence-electron chi connectivity index (χ1n) is 14.6. The van der Waals surface area contributed by atoms with Crippen LogP contribution in [-0.2, 0) is 0 Å². The molecule has 7 aromatic carbocycles. The lowest BCUT2D eigenvalue weighted by Crippen LogP contribution is -2.09. The van der Waals surface area contributed by atoms with Gasteiger partial charge in [0.2, 0.25) is 5.89 Å². The van der Waals surface area contributed by atoms with Crippen molar-refractivity contribution in [2.75, 3.05) is 4.90 Å². The minimum Gasteiger partial charge on any atom is -0.456 e. The minimum absolute atomic E-state index is 0.607. The molecule has 0 aliphatic heterocycles. The van der Waals surface area contributed by atoms with Crippen LogP contribution in [0.15, 0.2) is 142 Å². The molecule has 10 rings (SSSR count). The monoisotopic (exact) mass is 582 g/mol. The topological polar surface area (TPSA) is 42.4 Å². The van der Waals surface area contributed by atoms with Crippen molar-refractivity contribution in [3.05, 3.63) is 133 Å². The molecule has 3 heterocycles. The smallest absolute Gasteiger partial charge is 0.227 e. The molecular weight excluding hydrogens is 561 g/mol. The highest BCUT2D eigenvalue weighted by Crippen LogP contribution is 2.44. The van der Waals surface area contributed by atoms with Gasteiger partial charge in [0.1, 0.15) is 16.7 Å². The largest absolute Gasteiger partial charge is 0.456 e. The van der Waals surface area contributed by atoms with E-state index in [0.29, 0.717) is 5.89 Å². The number of para-hydroxylation sites is 1. The second kappa shape index (κ2) is 8.93. The quantitative estimate of drug-likeness (QED) is 0.194. The maximum atomic E-state index is 6.52. The summed E-state index contributed by atoms with van der Waals surface area (Å²) in [7, 11) is 0. The van der Waals surface area contributed by atoms with Crippen LogP contribution in [0.4, 0.5) is 17.1 Å². The Hall–Kier alpha value is -5.65. The highest BCUT2D eigenvalue weighted by atomic mass is 32.1. The maximum Gasteiger partial charge on any atom is 0.227 e. The van der Waals surface area contributed by atoms with Crippen molar-refractivity contribution in [3.8, 4) is 11.5 Å². The Morgan fingerprint density at radius 3 is 2.00 bits per heavy atom. The van der Waals surface area contributed by atoms with Gasteiger partial charge in [-0.3, -0.25) is 0 Å². The van der Waals surface area contributed by atoms with E-state index in [1.165, 1.54) is 20.2 Å². The zero-order valence-electron chi connectivity index (χ0n) is 23.3. The summed E-state index contributed by atoms with van der Waals surface area (Å²) in [5.41, 5.74) is 7.60. The Labute approximate surface area is 255 Å². The van der Waals surface area contributed by atoms with Gasteiger partial charge < -0.3 is 13.7 Å². The van der Waals surface area contributed by atoms with Gasteiger partial charge in [0.05, 0.1) is 0 Å². The zero-order chi connectivity index (χ0) is 28.8. The summed E-state index contributed by atoms with van der Waals surface area (Å²) in [5, 5.41) is 6.84. The van der Waals surface area contributed by atoms with Crippen LogP contribution in [0, 0.1) is 0 Å². The second-order valence-electron chi connectivity index (χ2n) is 11.2. The van der Waals surface area contributed by atoms with Crippen LogP contribution < -0.4 is 4.90 Å². The number of hydrogen-bond acceptors (Lipinski definition) is 5. The second-order valence-corrected chi connectivity index (χ2v) is 12.2. The van der Waals surface area contributed by atoms with Crippen LogP contribution in [0.1, 0.15) is 0 Å². The zero-order valence-corrected chi connectivity index (χ0v) is 24.1. The van der Waals surface area contributed by atoms with Gasteiger partial charge >= 0.3 is 0 Å². The molecule has 5 heteroatoms. The Morgan fingerprint density at radius 2 is 1.16 bits per heavy atom. The number of oxazole rings is 1. The van der Waals surface area contributed by atoms with E-state index in [4.69, 9.17) is 13.8 Å². The lowest BCUT2D eigenvalue weighted by atomic mass is 10.0. The van der Waals surface area contributed by atoms with Gasteiger partial charge in [-0.15, -0.1) is 11.3 Å². The molecule has 0 spiro atoms. The van der Waals surface area contributed by atoms with Crippen LogP contribution >= 0.6 is 11.3 Å². The predicted octanol–water partition coefficient (Wildman–Crippen LogP) is 11.8. The van der Waals surface area contributed by atoms with Gasteiger partial charge in [-0.2, -0.15) is 0 Å². The van der Waals surface area contributed by atoms with Crippen molar-refractivity contribution in [2.24, 2.45) is 0 Å². The fourth-order valence-electron chi connectivity index (χ4n) is 6.69. The highest BCUT2D eigenvalue weighted by Gasteiger charge is 2.21. The number of benzene rings is 7. The van der Waals surface area contributed by atoms with E-state index < -0.39 is 0 Å². The van der Waals surface area contributed by atoms with E-state index in [2.05, 4.69) is 114 Å². The SMILES string of the molecule is c1ccc(N(c2ccc(-c3nc4c5cccc6oc7cccc(c4o3)c7c65)cc2)c2ccc3sc4ccccc4c3c2)cc1. The summed E-state index contributed by atoms with van der Waals surface area (Å²) in [6.45, 7) is 0. The average molecular weight is 583 g/mol. The van der Waals surface area contributed by atoms with Crippen molar-refractivity contribution < 1.29 is 8.83 Å². The van der Waals surface area contributed by atoms with Gasteiger partial charge in [-0.25, -0.2) is 4.98 Å². The Kier molecular flexibility index (Phi) is 4.84. The van der Waals surface area contributed by atoms with E-state index in [1.807, 2.05) is 35.6 Å². The molecule has 4 nitrogen and oxygen atoms in total. The molecular formula is C39H22N2O2S. The Balaban J connectivity index is 1.12. The molecule has 0 atom stereocenters. The Morgan fingerprint density at radius 1 is 0.500 bits per heavy atom. The molecule has 10 aromatic rings. The molecule has 206 valence electrons. The molecule has 3 aromatic heterocycles.